The molecule has 4 rings (SSSR count). The third kappa shape index (κ3) is 7.70. The molecule has 4 atom stereocenters. The van der Waals surface area contributed by atoms with E-state index in [1.165, 1.54) is 32.0 Å². The molecule has 224 valence electrons. The van der Waals surface area contributed by atoms with Crippen molar-refractivity contribution < 1.29 is 42.2 Å². The van der Waals surface area contributed by atoms with E-state index in [1.54, 1.807) is 0 Å². The van der Waals surface area contributed by atoms with Gasteiger partial charge >= 0.3 is 5.97 Å². The first-order valence-electron chi connectivity index (χ1n) is 13.5. The summed E-state index contributed by atoms with van der Waals surface area (Å²) in [7, 11) is 0. The quantitative estimate of drug-likeness (QED) is 0.391. The van der Waals surface area contributed by atoms with Crippen LogP contribution in [-0.4, -0.2) is 77.5 Å². The molecule has 2 aliphatic heterocycles. The number of esters is 1. The molecular weight excluding hydrogens is 566 g/mol. The topological polar surface area (TPSA) is 143 Å². The van der Waals surface area contributed by atoms with E-state index in [0.29, 0.717) is 0 Å². The number of halogens is 3. The first kappa shape index (κ1) is 30.6. The molecule has 1 aliphatic carbocycles. The standard InChI is InChI=1S/C27H33ClF2N4O7/c1-14(31-23(37)16-8-9-19(18(28)10-16)32-15(2)35)25(39)34-13-27(29,30)12-21(34)24(38)33-20-11-22(36)41-26(20)40-17-6-4-3-5-7-17/h8-10,14,17,20-21,26H,3-7,11-13H2,1-2H3,(H,31,37)(H,32,35)(H,33,38)/t14-,20?,21-,26+/m0/s1. The number of alkyl halides is 2. The van der Waals surface area contributed by atoms with E-state index in [2.05, 4.69) is 16.0 Å². The number of carbonyl (C=O) groups excluding carboxylic acids is 5. The molecule has 4 amide bonds. The smallest absolute Gasteiger partial charge is 0.310 e. The van der Waals surface area contributed by atoms with Gasteiger partial charge in [0.15, 0.2) is 0 Å². The van der Waals surface area contributed by atoms with Crippen LogP contribution in [0.3, 0.4) is 0 Å². The highest BCUT2D eigenvalue weighted by Crippen LogP contribution is 2.33. The third-order valence-corrected chi connectivity index (χ3v) is 7.60. The Labute approximate surface area is 240 Å². The van der Waals surface area contributed by atoms with Gasteiger partial charge in [0, 0.05) is 18.9 Å². The van der Waals surface area contributed by atoms with Crippen LogP contribution >= 0.6 is 11.6 Å². The van der Waals surface area contributed by atoms with Crippen molar-refractivity contribution in [2.45, 2.75) is 95.2 Å². The van der Waals surface area contributed by atoms with Gasteiger partial charge < -0.3 is 30.3 Å². The summed E-state index contributed by atoms with van der Waals surface area (Å²) in [6.45, 7) is 1.60. The number of nitrogens with one attached hydrogen (secondary N) is 3. The van der Waals surface area contributed by atoms with Gasteiger partial charge in [0.2, 0.25) is 24.0 Å². The van der Waals surface area contributed by atoms with Crippen LogP contribution in [0.15, 0.2) is 18.2 Å². The summed E-state index contributed by atoms with van der Waals surface area (Å²) in [5, 5.41) is 7.61. The second kappa shape index (κ2) is 12.7. The van der Waals surface area contributed by atoms with E-state index in [4.69, 9.17) is 21.1 Å². The Balaban J connectivity index is 1.40. The van der Waals surface area contributed by atoms with Crippen molar-refractivity contribution in [2.75, 3.05) is 11.9 Å². The van der Waals surface area contributed by atoms with Crippen molar-refractivity contribution >= 4 is 46.9 Å². The van der Waals surface area contributed by atoms with Crippen molar-refractivity contribution in [3.05, 3.63) is 28.8 Å². The van der Waals surface area contributed by atoms with Gasteiger partial charge in [-0.2, -0.15) is 0 Å². The summed E-state index contributed by atoms with van der Waals surface area (Å²) < 4.78 is 40.1. The Kier molecular flexibility index (Phi) is 9.48. The summed E-state index contributed by atoms with van der Waals surface area (Å²) in [4.78, 5) is 63.1. The molecule has 41 heavy (non-hydrogen) atoms. The average molecular weight is 599 g/mol. The SMILES string of the molecule is CC(=O)Nc1ccc(C(=O)N[C@@H](C)C(=O)N2CC(F)(F)C[C@H]2C(=O)NC2CC(=O)O[C@H]2OC2CCCCC2)cc1Cl. The molecule has 14 heteroatoms. The van der Waals surface area contributed by atoms with Gasteiger partial charge in [-0.15, -0.1) is 0 Å². The van der Waals surface area contributed by atoms with Crippen LogP contribution in [0.25, 0.3) is 0 Å². The summed E-state index contributed by atoms with van der Waals surface area (Å²) in [5.74, 6) is -6.74. The fourth-order valence-corrected chi connectivity index (χ4v) is 5.50. The van der Waals surface area contributed by atoms with Gasteiger partial charge in [-0.1, -0.05) is 30.9 Å². The number of cyclic esters (lactones) is 1. The van der Waals surface area contributed by atoms with Gasteiger partial charge in [-0.05, 0) is 38.0 Å². The van der Waals surface area contributed by atoms with Crippen LogP contribution in [0.5, 0.6) is 0 Å². The number of ether oxygens (including phenoxy) is 2. The maximum Gasteiger partial charge on any atom is 0.310 e. The van der Waals surface area contributed by atoms with Gasteiger partial charge in [0.1, 0.15) is 18.1 Å². The first-order chi connectivity index (χ1) is 19.3. The molecule has 3 N–H and O–H groups in total. The molecular formula is C27H33ClF2N4O7. The zero-order valence-corrected chi connectivity index (χ0v) is 23.5. The molecule has 1 aromatic carbocycles. The van der Waals surface area contributed by atoms with E-state index in [9.17, 15) is 32.8 Å². The summed E-state index contributed by atoms with van der Waals surface area (Å²) in [6.07, 6.45) is 2.35. The van der Waals surface area contributed by atoms with Crippen LogP contribution in [0.4, 0.5) is 14.5 Å². The zero-order chi connectivity index (χ0) is 29.9. The minimum Gasteiger partial charge on any atom is -0.433 e. The number of nitrogens with zero attached hydrogens (tertiary/aromatic N) is 1. The summed E-state index contributed by atoms with van der Waals surface area (Å²) in [6, 6.07) is 0.394. The van der Waals surface area contributed by atoms with E-state index in [1.807, 2.05) is 0 Å². The fraction of sp³-hybridized carbons (Fsp3) is 0.593. The summed E-state index contributed by atoms with van der Waals surface area (Å²) in [5.41, 5.74) is 0.355. The lowest BCUT2D eigenvalue weighted by Crippen LogP contribution is -2.55. The monoisotopic (exact) mass is 598 g/mol. The Morgan fingerprint density at radius 3 is 2.54 bits per heavy atom. The molecule has 1 aromatic rings. The van der Waals surface area contributed by atoms with Gasteiger partial charge in [-0.25, -0.2) is 8.78 Å². The van der Waals surface area contributed by atoms with Gasteiger partial charge in [0.05, 0.1) is 29.8 Å². The molecule has 3 aliphatic rings. The van der Waals surface area contributed by atoms with E-state index >= 15 is 0 Å². The number of hydrogen-bond acceptors (Lipinski definition) is 7. The Hall–Kier alpha value is -3.32. The lowest BCUT2D eigenvalue weighted by molar-refractivity contribution is -0.180. The molecule has 0 bridgehead atoms. The molecule has 11 nitrogen and oxygen atoms in total. The van der Waals surface area contributed by atoms with Crippen LogP contribution in [0, 0.1) is 0 Å². The van der Waals surface area contributed by atoms with Crippen LogP contribution in [0.1, 0.15) is 69.2 Å². The van der Waals surface area contributed by atoms with Crippen LogP contribution in [-0.2, 0) is 28.7 Å². The minimum atomic E-state index is -3.34. The Bertz CT molecular complexity index is 1210. The maximum absolute atomic E-state index is 14.5. The van der Waals surface area contributed by atoms with Crippen molar-refractivity contribution in [1.29, 1.82) is 0 Å². The molecule has 1 unspecified atom stereocenters. The minimum absolute atomic E-state index is 0.0692. The number of hydrogen-bond donors (Lipinski definition) is 3. The van der Waals surface area contributed by atoms with Gasteiger partial charge in [0.25, 0.3) is 11.8 Å². The van der Waals surface area contributed by atoms with Crippen LogP contribution < -0.4 is 16.0 Å². The predicted octanol–water partition coefficient (Wildman–Crippen LogP) is 2.76. The first-order valence-corrected chi connectivity index (χ1v) is 13.9. The van der Waals surface area contributed by atoms with Gasteiger partial charge in [-0.3, -0.25) is 24.0 Å². The zero-order valence-electron chi connectivity index (χ0n) is 22.7. The number of likely N-dealkylation sites (tertiary alicyclic amines) is 1. The highest BCUT2D eigenvalue weighted by atomic mass is 35.5. The highest BCUT2D eigenvalue weighted by molar-refractivity contribution is 6.34. The number of amides is 4. The molecule has 3 fully saturated rings. The number of anilines is 1. The van der Waals surface area contributed by atoms with E-state index in [0.717, 1.165) is 37.0 Å². The number of benzene rings is 1. The predicted molar refractivity (Wildman–Crippen MR) is 142 cm³/mol. The molecule has 0 spiro atoms. The van der Waals surface area contributed by atoms with Crippen molar-refractivity contribution in [3.8, 4) is 0 Å². The summed E-state index contributed by atoms with van der Waals surface area (Å²) >= 11 is 6.11. The molecule has 2 heterocycles. The maximum atomic E-state index is 14.5. The highest BCUT2D eigenvalue weighted by Gasteiger charge is 2.52. The second-order valence-electron chi connectivity index (χ2n) is 10.7. The Morgan fingerprint density at radius 1 is 1.17 bits per heavy atom. The Morgan fingerprint density at radius 2 is 1.88 bits per heavy atom. The molecule has 0 radical (unpaired) electrons. The average Bonchev–Trinajstić information content (AvgIpc) is 3.42. The fourth-order valence-electron chi connectivity index (χ4n) is 5.27. The molecule has 0 aromatic heterocycles. The lowest BCUT2D eigenvalue weighted by Gasteiger charge is -2.30. The van der Waals surface area contributed by atoms with E-state index in [-0.39, 0.29) is 34.7 Å². The molecule has 1 saturated carbocycles. The van der Waals surface area contributed by atoms with Crippen molar-refractivity contribution in [1.82, 2.24) is 15.5 Å². The van der Waals surface area contributed by atoms with Crippen LogP contribution in [0.2, 0.25) is 5.02 Å². The second-order valence-corrected chi connectivity index (χ2v) is 11.1. The number of carbonyl (C=O) groups is 5. The third-order valence-electron chi connectivity index (χ3n) is 7.28. The normalized spacial score (nSPS) is 24.9. The number of rotatable bonds is 8. The van der Waals surface area contributed by atoms with Crippen molar-refractivity contribution in [2.24, 2.45) is 0 Å². The van der Waals surface area contributed by atoms with Crippen molar-refractivity contribution in [3.63, 3.8) is 0 Å². The van der Waals surface area contributed by atoms with E-state index < -0.39 is 67.0 Å². The lowest BCUT2D eigenvalue weighted by atomic mass is 9.98. The molecule has 2 saturated heterocycles. The largest absolute Gasteiger partial charge is 0.433 e.